The predicted molar refractivity (Wildman–Crippen MR) is 107 cm³/mol. The van der Waals surface area contributed by atoms with Gasteiger partial charge in [-0.05, 0) is 47.1 Å². The second-order valence-electron chi connectivity index (χ2n) is 5.95. The zero-order valence-electron chi connectivity index (χ0n) is 14.9. The number of rotatable bonds is 6. The number of nitrogens with two attached hydrogens (primary N) is 1. The maximum Gasteiger partial charge on any atom is 0.269 e. The van der Waals surface area contributed by atoms with Gasteiger partial charge in [-0.3, -0.25) is 4.79 Å². The van der Waals surface area contributed by atoms with Crippen LogP contribution in [0.25, 0.3) is 0 Å². The van der Waals surface area contributed by atoms with E-state index < -0.39 is 11.6 Å². The average molecular weight is 476 g/mol. The number of nitrogens with zero attached hydrogens (tertiary/aromatic N) is 1. The van der Waals surface area contributed by atoms with Gasteiger partial charge in [0.05, 0.1) is 13.1 Å². The lowest BCUT2D eigenvalue weighted by Crippen LogP contribution is -2.24. The average Bonchev–Trinajstić information content (AvgIpc) is 3.09. The molecule has 0 saturated carbocycles. The molecule has 0 atom stereocenters. The summed E-state index contributed by atoms with van der Waals surface area (Å²) >= 11 is 3.24. The van der Waals surface area contributed by atoms with Gasteiger partial charge in [-0.2, -0.15) is 0 Å². The third kappa shape index (κ3) is 4.81. The van der Waals surface area contributed by atoms with Crippen LogP contribution in [0.3, 0.4) is 0 Å². The van der Waals surface area contributed by atoms with Crippen LogP contribution in [-0.2, 0) is 19.7 Å². The van der Waals surface area contributed by atoms with Crippen molar-refractivity contribution in [2.45, 2.75) is 26.6 Å². The van der Waals surface area contributed by atoms with Gasteiger partial charge in [-0.15, -0.1) is 12.4 Å². The Labute approximate surface area is 174 Å². The van der Waals surface area contributed by atoms with Gasteiger partial charge in [0.25, 0.3) is 5.56 Å². The maximum atomic E-state index is 13.7. The predicted octanol–water partition coefficient (Wildman–Crippen LogP) is 4.30. The highest BCUT2D eigenvalue weighted by Crippen LogP contribution is 2.24. The minimum Gasteiger partial charge on any atom is -0.487 e. The smallest absolute Gasteiger partial charge is 0.269 e. The van der Waals surface area contributed by atoms with Crippen LogP contribution >= 0.6 is 28.3 Å². The zero-order chi connectivity index (χ0) is 19.6. The van der Waals surface area contributed by atoms with Gasteiger partial charge in [-0.1, -0.05) is 0 Å². The summed E-state index contributed by atoms with van der Waals surface area (Å²) in [4.78, 5) is 12.7. The second-order valence-corrected chi connectivity index (χ2v) is 6.74. The van der Waals surface area contributed by atoms with E-state index in [-0.39, 0.29) is 53.4 Å². The summed E-state index contributed by atoms with van der Waals surface area (Å²) in [7, 11) is 0. The van der Waals surface area contributed by atoms with Gasteiger partial charge < -0.3 is 19.5 Å². The van der Waals surface area contributed by atoms with Crippen LogP contribution in [-0.4, -0.2) is 4.57 Å². The number of pyridine rings is 1. The first-order valence-corrected chi connectivity index (χ1v) is 8.92. The molecule has 0 amide bonds. The van der Waals surface area contributed by atoms with Crippen molar-refractivity contribution in [1.29, 1.82) is 0 Å². The van der Waals surface area contributed by atoms with E-state index in [9.17, 15) is 13.6 Å². The summed E-state index contributed by atoms with van der Waals surface area (Å²) < 4.78 is 39.6. The van der Waals surface area contributed by atoms with Gasteiger partial charge in [0.15, 0.2) is 0 Å². The molecule has 0 unspecified atom stereocenters. The summed E-state index contributed by atoms with van der Waals surface area (Å²) in [5.41, 5.74) is 6.05. The summed E-state index contributed by atoms with van der Waals surface area (Å²) in [6.45, 7) is 2.15. The Morgan fingerprint density at radius 3 is 2.54 bits per heavy atom. The number of hydrogen-bond donors (Lipinski definition) is 1. The van der Waals surface area contributed by atoms with E-state index in [0.717, 1.165) is 12.1 Å². The van der Waals surface area contributed by atoms with E-state index in [1.165, 1.54) is 10.6 Å². The van der Waals surface area contributed by atoms with Gasteiger partial charge in [-0.25, -0.2) is 8.78 Å². The lowest BCUT2D eigenvalue weighted by atomic mass is 10.2. The van der Waals surface area contributed by atoms with Crippen LogP contribution in [0.1, 0.15) is 22.8 Å². The van der Waals surface area contributed by atoms with Gasteiger partial charge in [0.2, 0.25) is 0 Å². The number of furan rings is 1. The van der Waals surface area contributed by atoms with Crippen molar-refractivity contribution >= 4 is 28.3 Å². The van der Waals surface area contributed by atoms with E-state index in [2.05, 4.69) is 15.9 Å². The van der Waals surface area contributed by atoms with Crippen molar-refractivity contribution in [3.05, 3.63) is 85.6 Å². The highest BCUT2D eigenvalue weighted by Gasteiger charge is 2.14. The van der Waals surface area contributed by atoms with Gasteiger partial charge in [0.1, 0.15) is 40.0 Å². The molecule has 3 rings (SSSR count). The number of aromatic nitrogens is 1. The fourth-order valence-corrected chi connectivity index (χ4v) is 3.03. The maximum absolute atomic E-state index is 13.7. The molecule has 0 saturated heterocycles. The highest BCUT2D eigenvalue weighted by atomic mass is 79.9. The SMILES string of the molecule is Cc1cc(OCc2ccc(F)cc2F)c(Br)c(=O)n1Cc1ccc(CN)o1.Cl. The fourth-order valence-electron chi connectivity index (χ4n) is 2.58. The summed E-state index contributed by atoms with van der Waals surface area (Å²) in [5, 5.41) is 0. The minimum absolute atomic E-state index is 0. The second kappa shape index (κ2) is 9.36. The summed E-state index contributed by atoms with van der Waals surface area (Å²) in [5.74, 6) is 0.154. The van der Waals surface area contributed by atoms with Crippen LogP contribution < -0.4 is 16.0 Å². The lowest BCUT2D eigenvalue weighted by Gasteiger charge is -2.14. The Morgan fingerprint density at radius 1 is 1.18 bits per heavy atom. The molecule has 0 fully saturated rings. The van der Waals surface area contributed by atoms with E-state index in [1.54, 1.807) is 25.1 Å². The number of ether oxygens (including phenoxy) is 1. The molecule has 0 aliphatic heterocycles. The number of hydrogen-bond acceptors (Lipinski definition) is 4. The summed E-state index contributed by atoms with van der Waals surface area (Å²) in [6, 6.07) is 8.44. The molecule has 2 N–H and O–H groups in total. The van der Waals surface area contributed by atoms with Crippen molar-refractivity contribution < 1.29 is 17.9 Å². The van der Waals surface area contributed by atoms with Gasteiger partial charge >= 0.3 is 0 Å². The van der Waals surface area contributed by atoms with E-state index in [0.29, 0.717) is 17.2 Å². The van der Waals surface area contributed by atoms with E-state index in [4.69, 9.17) is 14.9 Å². The molecule has 0 aliphatic rings. The summed E-state index contributed by atoms with van der Waals surface area (Å²) in [6.07, 6.45) is 0. The van der Waals surface area contributed by atoms with Crippen LogP contribution in [0.15, 0.2) is 50.1 Å². The first kappa shape index (κ1) is 22.1. The number of aryl methyl sites for hydroxylation is 1. The van der Waals surface area contributed by atoms with Crippen LogP contribution in [0.2, 0.25) is 0 Å². The Kier molecular flexibility index (Phi) is 7.40. The molecule has 3 aromatic rings. The van der Waals surface area contributed by atoms with Crippen LogP contribution in [0, 0.1) is 18.6 Å². The third-order valence-electron chi connectivity index (χ3n) is 4.05. The van der Waals surface area contributed by atoms with Crippen molar-refractivity contribution in [3.63, 3.8) is 0 Å². The molecule has 2 aromatic heterocycles. The molecule has 150 valence electrons. The first-order valence-electron chi connectivity index (χ1n) is 8.13. The van der Waals surface area contributed by atoms with Crippen LogP contribution in [0.4, 0.5) is 8.78 Å². The lowest BCUT2D eigenvalue weighted by molar-refractivity contribution is 0.295. The Balaban J connectivity index is 0.00000280. The monoisotopic (exact) mass is 474 g/mol. The molecule has 0 aliphatic carbocycles. The Hall–Kier alpha value is -2.16. The molecule has 1 aromatic carbocycles. The largest absolute Gasteiger partial charge is 0.487 e. The minimum atomic E-state index is -0.704. The fraction of sp³-hybridized carbons (Fsp3) is 0.211. The van der Waals surface area contributed by atoms with Crippen molar-refractivity contribution in [1.82, 2.24) is 4.57 Å². The van der Waals surface area contributed by atoms with Gasteiger partial charge in [0, 0.05) is 23.4 Å². The van der Waals surface area contributed by atoms with E-state index in [1.807, 2.05) is 0 Å². The Bertz CT molecular complexity index is 1040. The molecular formula is C19H18BrClF2N2O3. The molecule has 0 radical (unpaired) electrons. The number of halogens is 4. The molecule has 0 bridgehead atoms. The normalized spacial score (nSPS) is 10.6. The van der Waals surface area contributed by atoms with Crippen molar-refractivity contribution in [2.24, 2.45) is 5.73 Å². The van der Waals surface area contributed by atoms with Crippen molar-refractivity contribution in [3.8, 4) is 5.75 Å². The Morgan fingerprint density at radius 2 is 1.89 bits per heavy atom. The molecule has 2 heterocycles. The highest BCUT2D eigenvalue weighted by molar-refractivity contribution is 9.10. The van der Waals surface area contributed by atoms with Crippen molar-refractivity contribution in [2.75, 3.05) is 0 Å². The molecule has 0 spiro atoms. The molecule has 28 heavy (non-hydrogen) atoms. The molecular weight excluding hydrogens is 458 g/mol. The molecule has 9 heteroatoms. The third-order valence-corrected chi connectivity index (χ3v) is 4.78. The first-order chi connectivity index (χ1) is 12.9. The quantitative estimate of drug-likeness (QED) is 0.577. The zero-order valence-corrected chi connectivity index (χ0v) is 17.3. The molecule has 5 nitrogen and oxygen atoms in total. The van der Waals surface area contributed by atoms with Crippen LogP contribution in [0.5, 0.6) is 5.75 Å². The number of benzene rings is 1. The van der Waals surface area contributed by atoms with E-state index >= 15 is 0 Å². The standard InChI is InChI=1S/C19H17BrF2N2O3.ClH/c1-11-6-17(26-10-12-2-3-13(21)7-16(12)22)18(20)19(25)24(11)9-15-5-4-14(8-23)27-15;/h2-7H,8-10,23H2,1H3;1H. The topological polar surface area (TPSA) is 70.4 Å².